The molecule has 96 valence electrons. The number of nitrogens with zero attached hydrogens (tertiary/aromatic N) is 4. The van der Waals surface area contributed by atoms with Gasteiger partial charge in [0.15, 0.2) is 0 Å². The number of hydrogen-bond acceptors (Lipinski definition) is 3. The number of fused-ring (bicyclic) bond motifs is 1. The summed E-state index contributed by atoms with van der Waals surface area (Å²) in [4.78, 5) is 0. The summed E-state index contributed by atoms with van der Waals surface area (Å²) in [7, 11) is 0. The molecule has 4 nitrogen and oxygen atoms in total. The van der Waals surface area contributed by atoms with E-state index in [9.17, 15) is 0 Å². The molecule has 1 atom stereocenters. The van der Waals surface area contributed by atoms with Gasteiger partial charge in [-0.1, -0.05) is 24.3 Å². The largest absolute Gasteiger partial charge is 0.245 e. The topological polar surface area (TPSA) is 54.5 Å². The van der Waals surface area contributed by atoms with Crippen molar-refractivity contribution >= 4 is 0 Å². The zero-order valence-corrected chi connectivity index (χ0v) is 11.0. The standard InChI is InChI=1S/C15H16N4/c1-11-2-7-15-14(8-11)17-18-19(15)10-13-5-3-12(9-16)4-6-13/h3-6,11H,2,7-8,10H2,1H3. The van der Waals surface area contributed by atoms with E-state index in [2.05, 4.69) is 23.3 Å². The first kappa shape index (κ1) is 11.9. The lowest BCUT2D eigenvalue weighted by atomic mass is 9.91. The van der Waals surface area contributed by atoms with Gasteiger partial charge in [-0.15, -0.1) is 5.10 Å². The quantitative estimate of drug-likeness (QED) is 0.824. The highest BCUT2D eigenvalue weighted by molar-refractivity contribution is 5.31. The lowest BCUT2D eigenvalue weighted by Crippen LogP contribution is -2.15. The SMILES string of the molecule is CC1CCc2c(nnn2Cc2ccc(C#N)cc2)C1. The lowest BCUT2D eigenvalue weighted by Gasteiger charge is -2.17. The predicted octanol–water partition coefficient (Wildman–Crippen LogP) is 2.32. The predicted molar refractivity (Wildman–Crippen MR) is 71.5 cm³/mol. The Labute approximate surface area is 112 Å². The number of aromatic nitrogens is 3. The van der Waals surface area contributed by atoms with Gasteiger partial charge in [-0.05, 0) is 42.9 Å². The Morgan fingerprint density at radius 1 is 1.37 bits per heavy atom. The Hall–Kier alpha value is -2.15. The molecule has 1 unspecified atom stereocenters. The average molecular weight is 252 g/mol. The highest BCUT2D eigenvalue weighted by atomic mass is 15.4. The minimum Gasteiger partial charge on any atom is -0.245 e. The monoisotopic (exact) mass is 252 g/mol. The molecule has 1 heterocycles. The number of hydrogen-bond donors (Lipinski definition) is 0. The highest BCUT2D eigenvalue weighted by Crippen LogP contribution is 2.23. The molecule has 3 rings (SSSR count). The van der Waals surface area contributed by atoms with Crippen molar-refractivity contribution in [3.63, 3.8) is 0 Å². The molecular formula is C15H16N4. The molecule has 0 aliphatic heterocycles. The average Bonchev–Trinajstić information content (AvgIpc) is 2.82. The summed E-state index contributed by atoms with van der Waals surface area (Å²) in [5.74, 6) is 0.715. The maximum atomic E-state index is 8.79. The third-order valence-electron chi connectivity index (χ3n) is 3.75. The summed E-state index contributed by atoms with van der Waals surface area (Å²) in [5, 5.41) is 17.4. The summed E-state index contributed by atoms with van der Waals surface area (Å²) in [6, 6.07) is 9.80. The van der Waals surface area contributed by atoms with Crippen molar-refractivity contribution in [2.45, 2.75) is 32.7 Å². The van der Waals surface area contributed by atoms with Crippen molar-refractivity contribution in [1.29, 1.82) is 5.26 Å². The van der Waals surface area contributed by atoms with Gasteiger partial charge in [-0.2, -0.15) is 5.26 Å². The molecule has 0 spiro atoms. The van der Waals surface area contributed by atoms with E-state index in [-0.39, 0.29) is 0 Å². The smallest absolute Gasteiger partial charge is 0.0991 e. The van der Waals surface area contributed by atoms with Crippen LogP contribution in [0.4, 0.5) is 0 Å². The van der Waals surface area contributed by atoms with E-state index >= 15 is 0 Å². The summed E-state index contributed by atoms with van der Waals surface area (Å²) < 4.78 is 2.00. The maximum absolute atomic E-state index is 8.79. The third-order valence-corrected chi connectivity index (χ3v) is 3.75. The van der Waals surface area contributed by atoms with Gasteiger partial charge in [-0.3, -0.25) is 0 Å². The molecule has 0 saturated heterocycles. The van der Waals surface area contributed by atoms with E-state index in [1.165, 1.54) is 12.1 Å². The van der Waals surface area contributed by atoms with E-state index in [1.54, 1.807) is 0 Å². The van der Waals surface area contributed by atoms with Gasteiger partial charge in [0, 0.05) is 0 Å². The first-order valence-electron chi connectivity index (χ1n) is 6.66. The van der Waals surface area contributed by atoms with Crippen LogP contribution in [0.2, 0.25) is 0 Å². The summed E-state index contributed by atoms with van der Waals surface area (Å²) in [5.41, 5.74) is 4.29. The molecular weight excluding hydrogens is 236 g/mol. The van der Waals surface area contributed by atoms with Crippen molar-refractivity contribution in [2.24, 2.45) is 5.92 Å². The molecule has 1 aromatic carbocycles. The summed E-state index contributed by atoms with van der Waals surface area (Å²) >= 11 is 0. The van der Waals surface area contributed by atoms with Crippen molar-refractivity contribution in [3.8, 4) is 6.07 Å². The van der Waals surface area contributed by atoms with E-state index in [0.29, 0.717) is 11.5 Å². The zero-order chi connectivity index (χ0) is 13.2. The number of benzene rings is 1. The Kier molecular flexibility index (Phi) is 3.04. The molecule has 4 heteroatoms. The Morgan fingerprint density at radius 3 is 2.89 bits per heavy atom. The third kappa shape index (κ3) is 2.37. The molecule has 1 aliphatic carbocycles. The van der Waals surface area contributed by atoms with Crippen molar-refractivity contribution in [2.75, 3.05) is 0 Å². The van der Waals surface area contributed by atoms with Crippen LogP contribution >= 0.6 is 0 Å². The molecule has 0 bridgehead atoms. The van der Waals surface area contributed by atoms with Crippen LogP contribution in [0, 0.1) is 17.2 Å². The second kappa shape index (κ2) is 4.85. The van der Waals surface area contributed by atoms with Gasteiger partial charge in [0.25, 0.3) is 0 Å². The fourth-order valence-corrected chi connectivity index (χ4v) is 2.60. The molecule has 0 saturated carbocycles. The van der Waals surface area contributed by atoms with Crippen LogP contribution < -0.4 is 0 Å². The molecule has 1 aliphatic rings. The lowest BCUT2D eigenvalue weighted by molar-refractivity contribution is 0.480. The van der Waals surface area contributed by atoms with E-state index in [4.69, 9.17) is 5.26 Å². The van der Waals surface area contributed by atoms with E-state index in [0.717, 1.165) is 30.6 Å². The van der Waals surface area contributed by atoms with Crippen LogP contribution in [0.1, 0.15) is 35.9 Å². The fraction of sp³-hybridized carbons (Fsp3) is 0.400. The van der Waals surface area contributed by atoms with E-state index in [1.807, 2.05) is 28.9 Å². The second-order valence-corrected chi connectivity index (χ2v) is 5.30. The number of nitriles is 1. The van der Waals surface area contributed by atoms with Crippen LogP contribution in [0.25, 0.3) is 0 Å². The Morgan fingerprint density at radius 2 is 2.16 bits per heavy atom. The van der Waals surface area contributed by atoms with Crippen LogP contribution in [0.3, 0.4) is 0 Å². The molecule has 19 heavy (non-hydrogen) atoms. The Balaban J connectivity index is 1.82. The van der Waals surface area contributed by atoms with Crippen LogP contribution in [-0.2, 0) is 19.4 Å². The Bertz CT molecular complexity index is 619. The van der Waals surface area contributed by atoms with Crippen LogP contribution in [0.15, 0.2) is 24.3 Å². The molecule has 1 aromatic heterocycles. The first-order valence-corrected chi connectivity index (χ1v) is 6.66. The van der Waals surface area contributed by atoms with Gasteiger partial charge < -0.3 is 0 Å². The van der Waals surface area contributed by atoms with Gasteiger partial charge >= 0.3 is 0 Å². The molecule has 0 N–H and O–H groups in total. The first-order chi connectivity index (χ1) is 9.26. The minimum absolute atomic E-state index is 0.693. The zero-order valence-electron chi connectivity index (χ0n) is 11.0. The van der Waals surface area contributed by atoms with Crippen molar-refractivity contribution in [1.82, 2.24) is 15.0 Å². The van der Waals surface area contributed by atoms with Gasteiger partial charge in [0.1, 0.15) is 0 Å². The summed E-state index contributed by atoms with van der Waals surface area (Å²) in [6.45, 7) is 3.00. The molecule has 0 amide bonds. The van der Waals surface area contributed by atoms with Crippen LogP contribution in [-0.4, -0.2) is 15.0 Å². The van der Waals surface area contributed by atoms with Gasteiger partial charge in [0.05, 0.1) is 29.6 Å². The van der Waals surface area contributed by atoms with Crippen LogP contribution in [0.5, 0.6) is 0 Å². The highest BCUT2D eigenvalue weighted by Gasteiger charge is 2.21. The maximum Gasteiger partial charge on any atom is 0.0991 e. The van der Waals surface area contributed by atoms with Gasteiger partial charge in [0.2, 0.25) is 0 Å². The number of rotatable bonds is 2. The second-order valence-electron chi connectivity index (χ2n) is 5.30. The summed E-state index contributed by atoms with van der Waals surface area (Å²) in [6.07, 6.45) is 3.33. The normalized spacial score (nSPS) is 17.8. The van der Waals surface area contributed by atoms with E-state index < -0.39 is 0 Å². The van der Waals surface area contributed by atoms with Crippen molar-refractivity contribution < 1.29 is 0 Å². The molecule has 2 aromatic rings. The molecule has 0 radical (unpaired) electrons. The van der Waals surface area contributed by atoms with Gasteiger partial charge in [-0.25, -0.2) is 4.68 Å². The molecule has 0 fully saturated rings. The fourth-order valence-electron chi connectivity index (χ4n) is 2.60. The minimum atomic E-state index is 0.693. The van der Waals surface area contributed by atoms with Crippen molar-refractivity contribution in [3.05, 3.63) is 46.8 Å².